The SMILES string of the molecule is Cc1ccc2c(c1)C(c1ccc(C(=O)[O-])cc1)c1cc(C)ccc1-2.[Cs+]. The molecule has 0 bridgehead atoms. The fourth-order valence-corrected chi connectivity index (χ4v) is 3.67. The van der Waals surface area contributed by atoms with Crippen molar-refractivity contribution in [2.75, 3.05) is 0 Å². The molecule has 25 heavy (non-hydrogen) atoms. The summed E-state index contributed by atoms with van der Waals surface area (Å²) in [6.45, 7) is 4.20. The predicted octanol–water partition coefficient (Wildman–Crippen LogP) is 0.832. The average molecular weight is 446 g/mol. The molecule has 1 aliphatic rings. The Morgan fingerprint density at radius 3 is 1.72 bits per heavy atom. The standard InChI is InChI=1S/C22H18O2.Cs/c1-13-3-9-17-18-10-4-14(2)12-20(18)21(19(17)11-13)15-5-7-16(8-6-15)22(23)24;/h3-12,21H,1-2H3,(H,23,24);/q;+1/p-1. The van der Waals surface area contributed by atoms with Gasteiger partial charge in [0.25, 0.3) is 0 Å². The van der Waals surface area contributed by atoms with Crippen molar-refractivity contribution in [3.05, 3.63) is 94.0 Å². The van der Waals surface area contributed by atoms with Crippen molar-refractivity contribution in [3.8, 4) is 11.1 Å². The Kier molecular flexibility index (Phi) is 5.63. The van der Waals surface area contributed by atoms with E-state index in [0.717, 1.165) is 5.56 Å². The summed E-state index contributed by atoms with van der Waals surface area (Å²) in [5.74, 6) is -0.994. The number of hydrogen-bond donors (Lipinski definition) is 0. The van der Waals surface area contributed by atoms with Crippen LogP contribution in [0.15, 0.2) is 60.7 Å². The molecule has 0 saturated carbocycles. The molecule has 3 aromatic rings. The zero-order valence-corrected chi connectivity index (χ0v) is 20.9. The van der Waals surface area contributed by atoms with Gasteiger partial charge in [-0.1, -0.05) is 71.8 Å². The van der Waals surface area contributed by atoms with Gasteiger partial charge < -0.3 is 9.90 Å². The molecule has 0 amide bonds. The van der Waals surface area contributed by atoms with Gasteiger partial charge in [-0.15, -0.1) is 0 Å². The summed E-state index contributed by atoms with van der Waals surface area (Å²) in [5, 5.41) is 11.0. The van der Waals surface area contributed by atoms with Crippen molar-refractivity contribution in [1.29, 1.82) is 0 Å². The van der Waals surface area contributed by atoms with Gasteiger partial charge in [-0.25, -0.2) is 0 Å². The second-order valence-electron chi connectivity index (χ2n) is 6.52. The maximum absolute atomic E-state index is 11.0. The van der Waals surface area contributed by atoms with E-state index in [1.54, 1.807) is 12.1 Å². The molecule has 0 N–H and O–H groups in total. The van der Waals surface area contributed by atoms with E-state index >= 15 is 0 Å². The molecule has 3 aromatic carbocycles. The third-order valence-electron chi connectivity index (χ3n) is 4.81. The molecule has 1 aliphatic carbocycles. The molecular weight excluding hydrogens is 429 g/mol. The molecule has 3 heteroatoms. The molecule has 4 rings (SSSR count). The van der Waals surface area contributed by atoms with Crippen LogP contribution >= 0.6 is 0 Å². The molecule has 118 valence electrons. The van der Waals surface area contributed by atoms with Crippen LogP contribution in [0, 0.1) is 13.8 Å². The van der Waals surface area contributed by atoms with Gasteiger partial charge in [-0.2, -0.15) is 0 Å². The summed E-state index contributed by atoms with van der Waals surface area (Å²) in [5.41, 5.74) is 8.90. The summed E-state index contributed by atoms with van der Waals surface area (Å²) >= 11 is 0. The Balaban J connectivity index is 0.00000182. The molecule has 0 aromatic heterocycles. The van der Waals surface area contributed by atoms with Crippen molar-refractivity contribution in [2.45, 2.75) is 19.8 Å². The molecule has 0 spiro atoms. The number of aryl methyl sites for hydroxylation is 2. The normalized spacial score (nSPS) is 12.2. The average Bonchev–Trinajstić information content (AvgIpc) is 2.87. The van der Waals surface area contributed by atoms with Crippen molar-refractivity contribution < 1.29 is 78.8 Å². The van der Waals surface area contributed by atoms with Crippen molar-refractivity contribution >= 4 is 5.97 Å². The second kappa shape index (κ2) is 7.43. The van der Waals surface area contributed by atoms with Crippen LogP contribution in [0.3, 0.4) is 0 Å². The van der Waals surface area contributed by atoms with Crippen molar-refractivity contribution in [1.82, 2.24) is 0 Å². The first kappa shape index (κ1) is 19.0. The van der Waals surface area contributed by atoms with E-state index in [9.17, 15) is 9.90 Å². The zero-order chi connectivity index (χ0) is 16.8. The van der Waals surface area contributed by atoms with Crippen molar-refractivity contribution in [2.24, 2.45) is 0 Å². The van der Waals surface area contributed by atoms with E-state index in [2.05, 4.69) is 50.2 Å². The summed E-state index contributed by atoms with van der Waals surface area (Å²) < 4.78 is 0. The molecule has 0 atom stereocenters. The Morgan fingerprint density at radius 2 is 1.28 bits per heavy atom. The summed E-state index contributed by atoms with van der Waals surface area (Å²) in [6, 6.07) is 20.2. The molecule has 0 fully saturated rings. The summed E-state index contributed by atoms with van der Waals surface area (Å²) in [4.78, 5) is 11.0. The van der Waals surface area contributed by atoms with Crippen LogP contribution in [-0.2, 0) is 0 Å². The molecule has 0 saturated heterocycles. The van der Waals surface area contributed by atoms with Crippen LogP contribution < -0.4 is 74.0 Å². The monoisotopic (exact) mass is 446 g/mol. The quantitative estimate of drug-likeness (QED) is 0.458. The van der Waals surface area contributed by atoms with Gasteiger partial charge in [-0.05, 0) is 47.2 Å². The maximum atomic E-state index is 11.0. The van der Waals surface area contributed by atoms with E-state index in [-0.39, 0.29) is 80.4 Å². The topological polar surface area (TPSA) is 40.1 Å². The second-order valence-corrected chi connectivity index (χ2v) is 6.52. The van der Waals surface area contributed by atoms with Gasteiger partial charge in [-0.3, -0.25) is 0 Å². The van der Waals surface area contributed by atoms with Crippen LogP contribution in [0.4, 0.5) is 0 Å². The number of benzene rings is 3. The number of carboxylic acids is 1. The molecule has 2 nitrogen and oxygen atoms in total. The Morgan fingerprint density at radius 1 is 0.800 bits per heavy atom. The van der Waals surface area contributed by atoms with Gasteiger partial charge in [0.05, 0.1) is 5.97 Å². The number of hydrogen-bond acceptors (Lipinski definition) is 2. The Hall–Kier alpha value is -0.818. The molecule has 0 aliphatic heterocycles. The van der Waals surface area contributed by atoms with Crippen LogP contribution in [0.25, 0.3) is 11.1 Å². The van der Waals surface area contributed by atoms with Gasteiger partial charge >= 0.3 is 68.9 Å². The largest absolute Gasteiger partial charge is 1.00 e. The van der Waals surface area contributed by atoms with E-state index in [1.807, 2.05) is 12.1 Å². The van der Waals surface area contributed by atoms with E-state index in [4.69, 9.17) is 0 Å². The minimum atomic E-state index is -1.14. The first-order chi connectivity index (χ1) is 11.5. The van der Waals surface area contributed by atoms with E-state index < -0.39 is 5.97 Å². The zero-order valence-electron chi connectivity index (χ0n) is 14.7. The number of carbonyl (C=O) groups is 1. The molecule has 0 unspecified atom stereocenters. The Labute approximate surface area is 206 Å². The first-order valence-electron chi connectivity index (χ1n) is 8.07. The van der Waals surface area contributed by atoms with Gasteiger partial charge in [0.15, 0.2) is 0 Å². The minimum absolute atomic E-state index is 0. The number of aromatic carboxylic acids is 1. The van der Waals surface area contributed by atoms with Crippen LogP contribution in [-0.4, -0.2) is 5.97 Å². The van der Waals surface area contributed by atoms with Crippen molar-refractivity contribution in [3.63, 3.8) is 0 Å². The summed E-state index contributed by atoms with van der Waals surface area (Å²) in [7, 11) is 0. The van der Waals surface area contributed by atoms with Crippen LogP contribution in [0.1, 0.15) is 44.1 Å². The van der Waals surface area contributed by atoms with E-state index in [0.29, 0.717) is 0 Å². The van der Waals surface area contributed by atoms with Crippen LogP contribution in [0.5, 0.6) is 0 Å². The smallest absolute Gasteiger partial charge is 0.545 e. The van der Waals surface area contributed by atoms with Crippen LogP contribution in [0.2, 0.25) is 0 Å². The number of carboxylic acid groups (broad SMARTS) is 1. The number of fused-ring (bicyclic) bond motifs is 3. The third kappa shape index (κ3) is 3.42. The van der Waals surface area contributed by atoms with E-state index in [1.165, 1.54) is 33.4 Å². The Bertz CT molecular complexity index is 907. The van der Waals surface area contributed by atoms with Gasteiger partial charge in [0.2, 0.25) is 0 Å². The summed E-state index contributed by atoms with van der Waals surface area (Å²) in [6.07, 6.45) is 0. The fourth-order valence-electron chi connectivity index (χ4n) is 3.67. The third-order valence-corrected chi connectivity index (χ3v) is 4.81. The molecular formula is C22H17CsO2. The van der Waals surface area contributed by atoms with Gasteiger partial charge in [0, 0.05) is 5.92 Å². The maximum Gasteiger partial charge on any atom is 1.00 e. The first-order valence-corrected chi connectivity index (χ1v) is 8.07. The minimum Gasteiger partial charge on any atom is -0.545 e. The number of carbonyl (C=O) groups excluding carboxylic acids is 1. The number of rotatable bonds is 2. The molecule has 0 radical (unpaired) electrons. The predicted molar refractivity (Wildman–Crippen MR) is 93.1 cm³/mol. The van der Waals surface area contributed by atoms with Gasteiger partial charge in [0.1, 0.15) is 0 Å². The molecule has 0 heterocycles. The fraction of sp³-hybridized carbons (Fsp3) is 0.136.